The summed E-state index contributed by atoms with van der Waals surface area (Å²) in [6.07, 6.45) is 0.625. The van der Waals surface area contributed by atoms with Crippen molar-refractivity contribution in [2.75, 3.05) is 37.9 Å². The lowest BCUT2D eigenvalue weighted by Crippen LogP contribution is -2.35. The van der Waals surface area contributed by atoms with E-state index in [4.69, 9.17) is 15.9 Å². The van der Waals surface area contributed by atoms with Crippen LogP contribution in [0.1, 0.15) is 12.0 Å². The van der Waals surface area contributed by atoms with Crippen LogP contribution in [-0.2, 0) is 16.8 Å². The van der Waals surface area contributed by atoms with Crippen molar-refractivity contribution in [1.29, 1.82) is 5.41 Å². The Labute approximate surface area is 225 Å². The topological polar surface area (TPSA) is 170 Å². The molecule has 38 heavy (non-hydrogen) atoms. The van der Waals surface area contributed by atoms with E-state index in [9.17, 15) is 8.42 Å². The van der Waals surface area contributed by atoms with E-state index in [1.807, 2.05) is 55.9 Å². The van der Waals surface area contributed by atoms with Crippen molar-refractivity contribution in [3.8, 4) is 17.0 Å². The van der Waals surface area contributed by atoms with Gasteiger partial charge in [-0.3, -0.25) is 5.41 Å². The quantitative estimate of drug-likeness (QED) is 0.143. The molecule has 2 aromatic carbocycles. The Balaban J connectivity index is 1.33. The molecule has 1 aliphatic rings. The van der Waals surface area contributed by atoms with Gasteiger partial charge in [0.25, 0.3) is 0 Å². The van der Waals surface area contributed by atoms with E-state index in [0.29, 0.717) is 36.1 Å². The fourth-order valence-corrected chi connectivity index (χ4v) is 5.09. The van der Waals surface area contributed by atoms with E-state index in [2.05, 4.69) is 40.7 Å². The van der Waals surface area contributed by atoms with Crippen molar-refractivity contribution in [3.63, 3.8) is 0 Å². The van der Waals surface area contributed by atoms with Crippen molar-refractivity contribution in [2.45, 2.75) is 13.0 Å². The number of hydrogen-bond acceptors (Lipinski definition) is 9. The Morgan fingerprint density at radius 2 is 1.92 bits per heavy atom. The number of aromatic nitrogens is 1. The van der Waals surface area contributed by atoms with Crippen molar-refractivity contribution in [2.24, 2.45) is 14.5 Å². The summed E-state index contributed by atoms with van der Waals surface area (Å²) in [5.74, 6) is 0.849. The number of benzene rings is 2. The molecule has 0 saturated heterocycles. The molecule has 0 aliphatic carbocycles. The van der Waals surface area contributed by atoms with E-state index in [-0.39, 0.29) is 17.6 Å². The maximum atomic E-state index is 12.1. The number of amidine groups is 2. The molecule has 0 bridgehead atoms. The zero-order valence-corrected chi connectivity index (χ0v) is 22.6. The number of nitrogens with two attached hydrogens (primary N) is 1. The third kappa shape index (κ3) is 7.74. The summed E-state index contributed by atoms with van der Waals surface area (Å²) in [5, 5.41) is 18.4. The molecule has 0 saturated carbocycles. The lowest BCUT2D eigenvalue weighted by atomic mass is 10.1. The Morgan fingerprint density at radius 1 is 1.13 bits per heavy atom. The summed E-state index contributed by atoms with van der Waals surface area (Å²) in [5.41, 5.74) is 8.61. The van der Waals surface area contributed by atoms with Gasteiger partial charge in [0.05, 0.1) is 12.3 Å². The van der Waals surface area contributed by atoms with Crippen LogP contribution in [0.25, 0.3) is 11.3 Å². The molecule has 0 spiro atoms. The number of rotatable bonds is 10. The van der Waals surface area contributed by atoms with Crippen LogP contribution in [0.4, 0.5) is 10.8 Å². The van der Waals surface area contributed by atoms with E-state index >= 15 is 0 Å². The fourth-order valence-electron chi connectivity index (χ4n) is 3.58. The normalized spacial score (nSPS) is 14.1. The van der Waals surface area contributed by atoms with Gasteiger partial charge in [0.15, 0.2) is 22.8 Å². The maximum Gasteiger partial charge on any atom is 0.367 e. The molecule has 0 atom stereocenters. The molecule has 200 valence electrons. The highest BCUT2D eigenvalue weighted by molar-refractivity contribution is 7.89. The monoisotopic (exact) mass is 555 g/mol. The summed E-state index contributed by atoms with van der Waals surface area (Å²) in [7, 11) is 0.0570. The van der Waals surface area contributed by atoms with Gasteiger partial charge in [-0.05, 0) is 50.3 Å². The molecule has 2 heterocycles. The first-order chi connectivity index (χ1) is 18.2. The standard InChI is InChI=1S/C24H29N9O3S2/c1-33(2)14-16-6-3-9-19(12-16)36-11-5-10-27-21-22(32-38(34,35)31-21)28-18-8-4-7-17(13-18)20-15-37-24(29-20)30-23(25)26/h3-4,6-9,12-13,15H,5,10-11,14H2,1-2H3,(H,27,31)(H,28,32)(H4,25,26,29,30). The molecule has 3 aromatic rings. The molecule has 1 aliphatic heterocycles. The summed E-state index contributed by atoms with van der Waals surface area (Å²) in [4.78, 5) is 6.50. The van der Waals surface area contributed by atoms with Crippen molar-refractivity contribution in [1.82, 2.24) is 15.2 Å². The van der Waals surface area contributed by atoms with Crippen LogP contribution in [0.3, 0.4) is 0 Å². The molecule has 4 rings (SSSR count). The fraction of sp³-hybridized carbons (Fsp3) is 0.250. The van der Waals surface area contributed by atoms with E-state index in [1.165, 1.54) is 11.3 Å². The van der Waals surface area contributed by atoms with Crippen LogP contribution in [0.15, 0.2) is 62.7 Å². The minimum atomic E-state index is -3.97. The summed E-state index contributed by atoms with van der Waals surface area (Å²) in [6.45, 7) is 1.72. The van der Waals surface area contributed by atoms with Crippen LogP contribution >= 0.6 is 11.3 Å². The first-order valence-corrected chi connectivity index (χ1v) is 13.9. The first-order valence-electron chi connectivity index (χ1n) is 11.7. The van der Waals surface area contributed by atoms with Gasteiger partial charge < -0.3 is 31.3 Å². The van der Waals surface area contributed by atoms with Gasteiger partial charge in [0, 0.05) is 29.7 Å². The van der Waals surface area contributed by atoms with Gasteiger partial charge in [0.2, 0.25) is 0 Å². The van der Waals surface area contributed by atoms with Crippen molar-refractivity contribution < 1.29 is 13.2 Å². The van der Waals surface area contributed by atoms with Crippen LogP contribution in [0.5, 0.6) is 5.75 Å². The maximum absolute atomic E-state index is 12.1. The van der Waals surface area contributed by atoms with Crippen LogP contribution in [0.2, 0.25) is 0 Å². The van der Waals surface area contributed by atoms with Crippen molar-refractivity contribution >= 4 is 50.0 Å². The summed E-state index contributed by atoms with van der Waals surface area (Å²) >= 11 is 1.32. The predicted molar refractivity (Wildman–Crippen MR) is 152 cm³/mol. The second-order valence-electron chi connectivity index (χ2n) is 8.62. The van der Waals surface area contributed by atoms with E-state index in [0.717, 1.165) is 23.4 Å². The Hall–Kier alpha value is -4.01. The van der Waals surface area contributed by atoms with E-state index in [1.54, 1.807) is 6.07 Å². The zero-order valence-electron chi connectivity index (χ0n) is 20.9. The van der Waals surface area contributed by atoms with Gasteiger partial charge in [-0.2, -0.15) is 8.42 Å². The minimum Gasteiger partial charge on any atom is -0.494 e. The Bertz CT molecular complexity index is 1470. The van der Waals surface area contributed by atoms with Crippen molar-refractivity contribution in [3.05, 3.63) is 59.5 Å². The first kappa shape index (κ1) is 27.0. The molecular formula is C24H29N9O3S2. The Kier molecular flexibility index (Phi) is 8.55. The number of guanidine groups is 1. The van der Waals surface area contributed by atoms with Crippen LogP contribution < -0.4 is 26.4 Å². The van der Waals surface area contributed by atoms with Gasteiger partial charge in [0.1, 0.15) is 5.75 Å². The molecule has 14 heteroatoms. The third-order valence-corrected chi connectivity index (χ3v) is 6.67. The number of hydrogen-bond donors (Lipinski definition) is 5. The number of nitrogens with zero attached hydrogens (tertiary/aromatic N) is 4. The molecule has 6 N–H and O–H groups in total. The minimum absolute atomic E-state index is 0.108. The number of nitrogens with one attached hydrogen (secondary N) is 4. The third-order valence-electron chi connectivity index (χ3n) is 5.08. The van der Waals surface area contributed by atoms with Gasteiger partial charge in [-0.1, -0.05) is 24.3 Å². The largest absolute Gasteiger partial charge is 0.494 e. The number of anilines is 2. The summed E-state index contributed by atoms with van der Waals surface area (Å²) < 4.78 is 37.4. The van der Waals surface area contributed by atoms with Gasteiger partial charge in [-0.25, -0.2) is 4.98 Å². The highest BCUT2D eigenvalue weighted by Gasteiger charge is 2.24. The average molecular weight is 556 g/mol. The molecule has 1 aromatic heterocycles. The second-order valence-corrected chi connectivity index (χ2v) is 10.7. The SMILES string of the molecule is CN(C)Cc1cccc(OCCCNC2=NS(=O)(=O)N=C2Nc2cccc(-c3csc(NC(=N)N)n3)c2)c1. The molecule has 0 fully saturated rings. The highest BCUT2D eigenvalue weighted by atomic mass is 32.2. The van der Waals surface area contributed by atoms with Gasteiger partial charge in [-0.15, -0.1) is 20.1 Å². The smallest absolute Gasteiger partial charge is 0.367 e. The van der Waals surface area contributed by atoms with E-state index < -0.39 is 10.2 Å². The number of ether oxygens (including phenoxy) is 1. The second kappa shape index (κ2) is 12.0. The molecular weight excluding hydrogens is 526 g/mol. The summed E-state index contributed by atoms with van der Waals surface area (Å²) in [6, 6.07) is 15.2. The highest BCUT2D eigenvalue weighted by Crippen LogP contribution is 2.27. The lowest BCUT2D eigenvalue weighted by molar-refractivity contribution is 0.310. The zero-order chi connectivity index (χ0) is 27.1. The Morgan fingerprint density at radius 3 is 2.71 bits per heavy atom. The molecule has 12 nitrogen and oxygen atoms in total. The van der Waals surface area contributed by atoms with Crippen LogP contribution in [-0.4, -0.2) is 63.2 Å². The van der Waals surface area contributed by atoms with Gasteiger partial charge >= 0.3 is 10.2 Å². The van der Waals surface area contributed by atoms with Crippen LogP contribution in [0, 0.1) is 5.41 Å². The lowest BCUT2D eigenvalue weighted by Gasteiger charge is -2.12. The predicted octanol–water partition coefficient (Wildman–Crippen LogP) is 2.70. The molecule has 0 amide bonds. The average Bonchev–Trinajstić information content (AvgIpc) is 3.41. The molecule has 0 radical (unpaired) electrons. The molecule has 0 unspecified atom stereocenters. The number of thiazole rings is 1.